The second-order valence-electron chi connectivity index (χ2n) is 2.55. The lowest BCUT2D eigenvalue weighted by molar-refractivity contribution is 0.266. The molecule has 1 rings (SSSR count). The zero-order valence-electron chi connectivity index (χ0n) is 6.49. The van der Waals surface area contributed by atoms with Gasteiger partial charge in [-0.05, 0) is 24.6 Å². The van der Waals surface area contributed by atoms with Crippen molar-refractivity contribution in [3.63, 3.8) is 0 Å². The third kappa shape index (κ3) is 2.00. The van der Waals surface area contributed by atoms with E-state index in [4.69, 9.17) is 10.8 Å². The number of aromatic nitrogens is 1. The summed E-state index contributed by atoms with van der Waals surface area (Å²) >= 11 is 0. The van der Waals surface area contributed by atoms with E-state index in [0.717, 1.165) is 11.3 Å². The van der Waals surface area contributed by atoms with Gasteiger partial charge in [0.2, 0.25) is 0 Å². The molecule has 0 amide bonds. The van der Waals surface area contributed by atoms with Gasteiger partial charge in [-0.1, -0.05) is 0 Å². The molecule has 60 valence electrons. The molecule has 1 aromatic heterocycles. The van der Waals surface area contributed by atoms with Crippen LogP contribution in [-0.2, 0) is 0 Å². The minimum Gasteiger partial charge on any atom is -0.394 e. The smallest absolute Gasteiger partial charge is 0.0705 e. The summed E-state index contributed by atoms with van der Waals surface area (Å²) in [7, 11) is 0. The van der Waals surface area contributed by atoms with Crippen molar-refractivity contribution >= 4 is 0 Å². The van der Waals surface area contributed by atoms with Crippen molar-refractivity contribution < 1.29 is 5.11 Å². The summed E-state index contributed by atoms with van der Waals surface area (Å²) < 4.78 is 0. The second-order valence-corrected chi connectivity index (χ2v) is 2.55. The van der Waals surface area contributed by atoms with Gasteiger partial charge in [0, 0.05) is 6.20 Å². The van der Waals surface area contributed by atoms with Crippen LogP contribution in [0.25, 0.3) is 0 Å². The Balaban J connectivity index is 2.86. The summed E-state index contributed by atoms with van der Waals surface area (Å²) in [6, 6.07) is 3.42. The highest BCUT2D eigenvalue weighted by Gasteiger charge is 2.04. The van der Waals surface area contributed by atoms with Gasteiger partial charge in [0.15, 0.2) is 0 Å². The van der Waals surface area contributed by atoms with E-state index < -0.39 is 0 Å². The van der Waals surface area contributed by atoms with E-state index in [0.29, 0.717) is 0 Å². The van der Waals surface area contributed by atoms with E-state index in [1.807, 2.05) is 19.1 Å². The Labute approximate surface area is 65.9 Å². The predicted molar refractivity (Wildman–Crippen MR) is 43.0 cm³/mol. The zero-order chi connectivity index (χ0) is 8.27. The molecule has 1 heterocycles. The molecule has 0 saturated heterocycles. The van der Waals surface area contributed by atoms with E-state index in [1.165, 1.54) is 0 Å². The molecule has 0 saturated carbocycles. The minimum absolute atomic E-state index is 0.0591. The third-order valence-corrected chi connectivity index (χ3v) is 1.51. The topological polar surface area (TPSA) is 59.1 Å². The van der Waals surface area contributed by atoms with Crippen molar-refractivity contribution in [2.75, 3.05) is 6.61 Å². The molecule has 1 aromatic rings. The van der Waals surface area contributed by atoms with E-state index in [-0.39, 0.29) is 12.6 Å². The molecular weight excluding hydrogens is 140 g/mol. The molecule has 0 bridgehead atoms. The highest BCUT2D eigenvalue weighted by Crippen LogP contribution is 2.06. The molecule has 0 spiro atoms. The molecule has 0 aliphatic rings. The highest BCUT2D eigenvalue weighted by molar-refractivity contribution is 5.16. The van der Waals surface area contributed by atoms with E-state index in [9.17, 15) is 0 Å². The minimum atomic E-state index is -0.352. The van der Waals surface area contributed by atoms with Gasteiger partial charge in [0.1, 0.15) is 0 Å². The summed E-state index contributed by atoms with van der Waals surface area (Å²) in [5, 5.41) is 8.71. The number of nitrogens with zero attached hydrogens (tertiary/aromatic N) is 1. The van der Waals surface area contributed by atoms with Crippen molar-refractivity contribution in [2.45, 2.75) is 13.0 Å². The van der Waals surface area contributed by atoms with Gasteiger partial charge in [-0.15, -0.1) is 0 Å². The van der Waals surface area contributed by atoms with Crippen LogP contribution in [0.4, 0.5) is 0 Å². The van der Waals surface area contributed by atoms with Crippen LogP contribution in [0.3, 0.4) is 0 Å². The molecule has 0 aliphatic carbocycles. The number of rotatable bonds is 2. The molecular formula is C8H12N2O. The summed E-state index contributed by atoms with van der Waals surface area (Å²) in [5.74, 6) is 0. The molecule has 11 heavy (non-hydrogen) atoms. The highest BCUT2D eigenvalue weighted by atomic mass is 16.3. The fraction of sp³-hybridized carbons (Fsp3) is 0.375. The van der Waals surface area contributed by atoms with Gasteiger partial charge in [0.25, 0.3) is 0 Å². The van der Waals surface area contributed by atoms with Gasteiger partial charge in [-0.2, -0.15) is 0 Å². The third-order valence-electron chi connectivity index (χ3n) is 1.51. The van der Waals surface area contributed by atoms with Gasteiger partial charge in [0.05, 0.1) is 18.3 Å². The first-order valence-electron chi connectivity index (χ1n) is 3.53. The van der Waals surface area contributed by atoms with E-state index in [1.54, 1.807) is 6.20 Å². The Morgan fingerprint density at radius 1 is 1.73 bits per heavy atom. The normalized spacial score (nSPS) is 13.0. The molecule has 0 aromatic carbocycles. The summed E-state index contributed by atoms with van der Waals surface area (Å²) in [5.41, 5.74) is 7.40. The molecule has 0 radical (unpaired) electrons. The Kier molecular flexibility index (Phi) is 2.57. The Hall–Kier alpha value is -0.930. The Morgan fingerprint density at radius 2 is 2.45 bits per heavy atom. The molecule has 0 unspecified atom stereocenters. The fourth-order valence-corrected chi connectivity index (χ4v) is 0.856. The maximum atomic E-state index is 8.71. The lowest BCUT2D eigenvalue weighted by atomic mass is 10.2. The number of aryl methyl sites for hydroxylation is 1. The quantitative estimate of drug-likeness (QED) is 0.644. The Bertz CT molecular complexity index is 237. The number of nitrogens with two attached hydrogens (primary N) is 1. The van der Waals surface area contributed by atoms with Crippen LogP contribution in [-0.4, -0.2) is 16.7 Å². The number of pyridine rings is 1. The number of aliphatic hydroxyl groups is 1. The standard InChI is InChI=1S/C8H12N2O/c1-6-2-3-10-8(4-6)7(9)5-11/h2-4,7,11H,5,9H2,1H3/t7-/m0/s1. The van der Waals surface area contributed by atoms with Gasteiger partial charge < -0.3 is 10.8 Å². The Morgan fingerprint density at radius 3 is 3.00 bits per heavy atom. The average Bonchev–Trinajstić information content (AvgIpc) is 2.03. The SMILES string of the molecule is Cc1ccnc([C@@H](N)CO)c1. The second kappa shape index (κ2) is 3.46. The lowest BCUT2D eigenvalue weighted by Crippen LogP contribution is -2.15. The zero-order valence-corrected chi connectivity index (χ0v) is 6.49. The maximum absolute atomic E-state index is 8.71. The average molecular weight is 152 g/mol. The number of hydrogen-bond donors (Lipinski definition) is 2. The molecule has 3 heteroatoms. The van der Waals surface area contributed by atoms with E-state index >= 15 is 0 Å². The summed E-state index contributed by atoms with van der Waals surface area (Å²) in [4.78, 5) is 4.03. The molecule has 3 N–H and O–H groups in total. The van der Waals surface area contributed by atoms with Crippen LogP contribution in [0.5, 0.6) is 0 Å². The monoisotopic (exact) mass is 152 g/mol. The van der Waals surface area contributed by atoms with Gasteiger partial charge >= 0.3 is 0 Å². The predicted octanol–water partition coefficient (Wildman–Crippen LogP) is 0.382. The first kappa shape index (κ1) is 8.17. The number of hydrogen-bond acceptors (Lipinski definition) is 3. The molecule has 3 nitrogen and oxygen atoms in total. The first-order valence-corrected chi connectivity index (χ1v) is 3.53. The van der Waals surface area contributed by atoms with Crippen molar-refractivity contribution in [1.29, 1.82) is 0 Å². The number of aliphatic hydroxyl groups excluding tert-OH is 1. The van der Waals surface area contributed by atoms with Crippen LogP contribution in [0.15, 0.2) is 18.3 Å². The molecule has 0 fully saturated rings. The van der Waals surface area contributed by atoms with Crippen molar-refractivity contribution in [1.82, 2.24) is 4.98 Å². The van der Waals surface area contributed by atoms with Crippen LogP contribution >= 0.6 is 0 Å². The maximum Gasteiger partial charge on any atom is 0.0705 e. The van der Waals surface area contributed by atoms with Crippen molar-refractivity contribution in [2.24, 2.45) is 5.73 Å². The van der Waals surface area contributed by atoms with Crippen LogP contribution in [0.1, 0.15) is 17.3 Å². The van der Waals surface area contributed by atoms with Crippen LogP contribution in [0.2, 0.25) is 0 Å². The van der Waals surface area contributed by atoms with Crippen LogP contribution in [0, 0.1) is 6.92 Å². The summed E-state index contributed by atoms with van der Waals surface area (Å²) in [6.45, 7) is 1.91. The first-order chi connectivity index (χ1) is 5.24. The van der Waals surface area contributed by atoms with Crippen LogP contribution < -0.4 is 5.73 Å². The van der Waals surface area contributed by atoms with Crippen molar-refractivity contribution in [3.8, 4) is 0 Å². The largest absolute Gasteiger partial charge is 0.394 e. The van der Waals surface area contributed by atoms with Gasteiger partial charge in [-0.3, -0.25) is 4.98 Å². The summed E-state index contributed by atoms with van der Waals surface area (Å²) in [6.07, 6.45) is 1.69. The lowest BCUT2D eigenvalue weighted by Gasteiger charge is -2.06. The van der Waals surface area contributed by atoms with E-state index in [2.05, 4.69) is 4.98 Å². The van der Waals surface area contributed by atoms with Crippen molar-refractivity contribution in [3.05, 3.63) is 29.6 Å². The molecule has 1 atom stereocenters. The molecule has 0 aliphatic heterocycles. The fourth-order valence-electron chi connectivity index (χ4n) is 0.856. The van der Waals surface area contributed by atoms with Gasteiger partial charge in [-0.25, -0.2) is 0 Å².